The minimum absolute atomic E-state index is 0.0837. The molecule has 1 N–H and O–H groups in total. The van der Waals surface area contributed by atoms with Gasteiger partial charge in [0.25, 0.3) is 5.91 Å². The lowest BCUT2D eigenvalue weighted by atomic mass is 10.1. The van der Waals surface area contributed by atoms with Crippen molar-refractivity contribution in [2.75, 3.05) is 33.2 Å². The molecule has 2 aromatic carbocycles. The van der Waals surface area contributed by atoms with Crippen LogP contribution in [0.1, 0.15) is 28.3 Å². The van der Waals surface area contributed by atoms with Crippen LogP contribution in [0, 0.1) is 0 Å². The number of carbonyl (C=O) groups excluding carboxylic acids is 1. The predicted octanol–water partition coefficient (Wildman–Crippen LogP) is 3.38. The number of thiazole rings is 1. The first-order chi connectivity index (χ1) is 14.8. The molecule has 1 amide bonds. The molecule has 1 saturated heterocycles. The van der Waals surface area contributed by atoms with Crippen LogP contribution in [0.5, 0.6) is 0 Å². The predicted molar refractivity (Wildman–Crippen MR) is 123 cm³/mol. The summed E-state index contributed by atoms with van der Waals surface area (Å²) in [5.41, 5.74) is 1.32. The standard InChI is InChI=1S/C21H23ClN4O3S2/c1-14(20-24-17-5-3-4-6-18(17)30-20)25-9-11-26(12-10-25)21(27)15-7-8-16(22)19(13-15)31(28,29)23-2/h3-8,13-14,23H,9-12H2,1-2H3/t14-/m0/s1. The molecule has 0 bridgehead atoms. The first kappa shape index (κ1) is 22.2. The number of piperazine rings is 1. The number of aromatic nitrogens is 1. The van der Waals surface area contributed by atoms with E-state index in [4.69, 9.17) is 16.6 Å². The third-order valence-electron chi connectivity index (χ3n) is 5.55. The van der Waals surface area contributed by atoms with E-state index in [9.17, 15) is 13.2 Å². The Morgan fingerprint density at radius 2 is 1.87 bits per heavy atom. The lowest BCUT2D eigenvalue weighted by Crippen LogP contribution is -2.49. The van der Waals surface area contributed by atoms with Gasteiger partial charge in [-0.2, -0.15) is 0 Å². The van der Waals surface area contributed by atoms with Gasteiger partial charge in [-0.1, -0.05) is 23.7 Å². The van der Waals surface area contributed by atoms with Crippen LogP contribution in [-0.2, 0) is 10.0 Å². The largest absolute Gasteiger partial charge is 0.336 e. The van der Waals surface area contributed by atoms with Crippen LogP contribution in [0.15, 0.2) is 47.4 Å². The zero-order valence-electron chi connectivity index (χ0n) is 17.2. The zero-order valence-corrected chi connectivity index (χ0v) is 19.6. The van der Waals surface area contributed by atoms with Crippen molar-refractivity contribution < 1.29 is 13.2 Å². The molecule has 1 fully saturated rings. The Morgan fingerprint density at radius 1 is 1.16 bits per heavy atom. The summed E-state index contributed by atoms with van der Waals surface area (Å²) in [5, 5.41) is 1.15. The summed E-state index contributed by atoms with van der Waals surface area (Å²) in [6.45, 7) is 4.70. The molecule has 164 valence electrons. The third-order valence-corrected chi connectivity index (χ3v) is 8.66. The highest BCUT2D eigenvalue weighted by Crippen LogP contribution is 2.30. The molecule has 1 atom stereocenters. The Morgan fingerprint density at radius 3 is 2.55 bits per heavy atom. The molecule has 7 nitrogen and oxygen atoms in total. The average molecular weight is 479 g/mol. The van der Waals surface area contributed by atoms with Crippen LogP contribution in [-0.4, -0.2) is 62.3 Å². The first-order valence-electron chi connectivity index (χ1n) is 9.92. The summed E-state index contributed by atoms with van der Waals surface area (Å²) in [5.74, 6) is -0.198. The third kappa shape index (κ3) is 4.47. The molecule has 1 aromatic heterocycles. The van der Waals surface area contributed by atoms with Gasteiger partial charge >= 0.3 is 0 Å². The highest BCUT2D eigenvalue weighted by molar-refractivity contribution is 7.89. The van der Waals surface area contributed by atoms with E-state index in [-0.39, 0.29) is 21.9 Å². The lowest BCUT2D eigenvalue weighted by molar-refractivity contribution is 0.0582. The quantitative estimate of drug-likeness (QED) is 0.608. The average Bonchev–Trinajstić information content (AvgIpc) is 3.23. The molecule has 0 spiro atoms. The van der Waals surface area contributed by atoms with Gasteiger partial charge < -0.3 is 4.90 Å². The summed E-state index contributed by atoms with van der Waals surface area (Å²) in [6.07, 6.45) is 0. The summed E-state index contributed by atoms with van der Waals surface area (Å²) < 4.78 is 27.7. The first-order valence-corrected chi connectivity index (χ1v) is 12.6. The molecule has 4 rings (SSSR count). The molecular formula is C21H23ClN4O3S2. The molecule has 0 radical (unpaired) electrons. The van der Waals surface area contributed by atoms with Gasteiger partial charge in [0.1, 0.15) is 9.90 Å². The van der Waals surface area contributed by atoms with Crippen molar-refractivity contribution in [2.24, 2.45) is 0 Å². The summed E-state index contributed by atoms with van der Waals surface area (Å²) in [7, 11) is -2.43. The molecule has 3 aromatic rings. The van der Waals surface area contributed by atoms with E-state index in [1.54, 1.807) is 22.3 Å². The molecular weight excluding hydrogens is 456 g/mol. The van der Waals surface area contributed by atoms with Crippen LogP contribution in [0.3, 0.4) is 0 Å². The van der Waals surface area contributed by atoms with Crippen molar-refractivity contribution in [3.8, 4) is 0 Å². The topological polar surface area (TPSA) is 82.6 Å². The maximum atomic E-state index is 13.0. The molecule has 10 heteroatoms. The number of hydrogen-bond donors (Lipinski definition) is 1. The van der Waals surface area contributed by atoms with Gasteiger partial charge in [-0.15, -0.1) is 11.3 Å². The molecule has 31 heavy (non-hydrogen) atoms. The summed E-state index contributed by atoms with van der Waals surface area (Å²) in [4.78, 5) is 21.7. The molecule has 2 heterocycles. The number of fused-ring (bicyclic) bond motifs is 1. The Hall–Kier alpha value is -2.04. The maximum Gasteiger partial charge on any atom is 0.253 e. The van der Waals surface area contributed by atoms with E-state index in [1.807, 2.05) is 18.2 Å². The maximum absolute atomic E-state index is 13.0. The SMILES string of the molecule is CNS(=O)(=O)c1cc(C(=O)N2CCN([C@@H](C)c3nc4ccccc4s3)CC2)ccc1Cl. The highest BCUT2D eigenvalue weighted by atomic mass is 35.5. The van der Waals surface area contributed by atoms with Gasteiger partial charge in [0.05, 0.1) is 21.3 Å². The molecule has 1 aliphatic heterocycles. The Balaban J connectivity index is 1.45. The second kappa shape index (κ2) is 8.84. The van der Waals surface area contributed by atoms with Gasteiger partial charge in [0.15, 0.2) is 0 Å². The fraction of sp³-hybridized carbons (Fsp3) is 0.333. The Bertz CT molecular complexity index is 1190. The summed E-state index contributed by atoms with van der Waals surface area (Å²) >= 11 is 7.74. The number of sulfonamides is 1. The number of carbonyl (C=O) groups is 1. The molecule has 0 saturated carbocycles. The fourth-order valence-corrected chi connectivity index (χ4v) is 5.97. The van der Waals surface area contributed by atoms with E-state index >= 15 is 0 Å². The Kier molecular flexibility index (Phi) is 6.32. The van der Waals surface area contributed by atoms with Crippen molar-refractivity contribution in [2.45, 2.75) is 17.9 Å². The van der Waals surface area contributed by atoms with Crippen LogP contribution in [0.25, 0.3) is 10.2 Å². The normalized spacial score (nSPS) is 16.5. The number of amides is 1. The zero-order chi connectivity index (χ0) is 22.2. The van der Waals surface area contributed by atoms with Gasteiger partial charge in [0.2, 0.25) is 10.0 Å². The number of hydrogen-bond acceptors (Lipinski definition) is 6. The number of halogens is 1. The van der Waals surface area contributed by atoms with E-state index in [1.165, 1.54) is 23.9 Å². The molecule has 1 aliphatic rings. The van der Waals surface area contributed by atoms with Gasteiger partial charge in [0, 0.05) is 31.7 Å². The smallest absolute Gasteiger partial charge is 0.253 e. The van der Waals surface area contributed by atoms with E-state index in [0.29, 0.717) is 18.7 Å². The van der Waals surface area contributed by atoms with Crippen LogP contribution in [0.2, 0.25) is 5.02 Å². The lowest BCUT2D eigenvalue weighted by Gasteiger charge is -2.37. The highest BCUT2D eigenvalue weighted by Gasteiger charge is 2.28. The van der Waals surface area contributed by atoms with Crippen LogP contribution in [0.4, 0.5) is 0 Å². The van der Waals surface area contributed by atoms with Crippen molar-refractivity contribution in [1.29, 1.82) is 0 Å². The molecule has 0 aliphatic carbocycles. The van der Waals surface area contributed by atoms with Crippen molar-refractivity contribution in [3.63, 3.8) is 0 Å². The Labute approximate surface area is 190 Å². The molecule has 0 unspecified atom stereocenters. The van der Waals surface area contributed by atoms with Gasteiger partial charge in [-0.25, -0.2) is 18.1 Å². The number of nitrogens with zero attached hydrogens (tertiary/aromatic N) is 3. The van der Waals surface area contributed by atoms with Crippen molar-refractivity contribution in [3.05, 3.63) is 58.1 Å². The van der Waals surface area contributed by atoms with E-state index in [2.05, 4.69) is 22.6 Å². The fourth-order valence-electron chi connectivity index (χ4n) is 3.67. The minimum atomic E-state index is -3.74. The number of nitrogens with one attached hydrogen (secondary N) is 1. The second-order valence-electron chi connectivity index (χ2n) is 7.38. The van der Waals surface area contributed by atoms with Crippen molar-refractivity contribution >= 4 is 49.1 Å². The monoisotopic (exact) mass is 478 g/mol. The van der Waals surface area contributed by atoms with Crippen LogP contribution < -0.4 is 4.72 Å². The summed E-state index contributed by atoms with van der Waals surface area (Å²) in [6, 6.07) is 12.6. The number of benzene rings is 2. The van der Waals surface area contributed by atoms with Crippen LogP contribution >= 0.6 is 22.9 Å². The number of rotatable bonds is 5. The van der Waals surface area contributed by atoms with Gasteiger partial charge in [-0.3, -0.25) is 9.69 Å². The van der Waals surface area contributed by atoms with E-state index < -0.39 is 10.0 Å². The number of para-hydroxylation sites is 1. The van der Waals surface area contributed by atoms with Crippen molar-refractivity contribution in [1.82, 2.24) is 19.5 Å². The minimum Gasteiger partial charge on any atom is -0.336 e. The van der Waals surface area contributed by atoms with E-state index in [0.717, 1.165) is 23.6 Å². The van der Waals surface area contributed by atoms with Gasteiger partial charge in [-0.05, 0) is 44.3 Å². The second-order valence-corrected chi connectivity index (χ2v) is 10.7.